The van der Waals surface area contributed by atoms with Crippen LogP contribution in [0.25, 0.3) is 0 Å². The lowest BCUT2D eigenvalue weighted by molar-refractivity contribution is -0.145. The summed E-state index contributed by atoms with van der Waals surface area (Å²) in [6.07, 6.45) is 22.8. The first-order valence-electron chi connectivity index (χ1n) is 13.1. The Balaban J connectivity index is 3.12. The molecule has 0 saturated carbocycles. The topological polar surface area (TPSA) is 44.8 Å². The van der Waals surface area contributed by atoms with Crippen molar-refractivity contribution in [1.29, 1.82) is 0 Å². The number of unbranched alkanes of at least 4 members (excludes halogenated alkanes) is 15. The van der Waals surface area contributed by atoms with Crippen LogP contribution < -0.4 is 0 Å². The molecule has 30 heavy (non-hydrogen) atoms. The van der Waals surface area contributed by atoms with Crippen molar-refractivity contribution >= 4 is 5.97 Å². The van der Waals surface area contributed by atoms with E-state index in [-0.39, 0.29) is 5.97 Å². The van der Waals surface area contributed by atoms with Crippen molar-refractivity contribution < 1.29 is 19.0 Å². The van der Waals surface area contributed by atoms with Crippen LogP contribution in [0, 0.1) is 0 Å². The van der Waals surface area contributed by atoms with Gasteiger partial charge in [-0.2, -0.15) is 0 Å². The maximum atomic E-state index is 11.7. The fourth-order valence-electron chi connectivity index (χ4n) is 3.50. The summed E-state index contributed by atoms with van der Waals surface area (Å²) in [5, 5.41) is 0. The Kier molecular flexibility index (Phi) is 25.9. The number of carbonyl (C=O) groups is 1. The zero-order valence-electron chi connectivity index (χ0n) is 20.4. The quantitative estimate of drug-likeness (QED) is 0.111. The van der Waals surface area contributed by atoms with Crippen molar-refractivity contribution in [2.75, 3.05) is 33.0 Å². The molecule has 180 valence electrons. The second-order valence-corrected chi connectivity index (χ2v) is 8.50. The fraction of sp³-hybridized carbons (Fsp3) is 0.962. The van der Waals surface area contributed by atoms with Gasteiger partial charge >= 0.3 is 5.97 Å². The van der Waals surface area contributed by atoms with Gasteiger partial charge in [-0.25, -0.2) is 0 Å². The summed E-state index contributed by atoms with van der Waals surface area (Å²) in [4.78, 5) is 11.7. The molecule has 0 spiro atoms. The largest absolute Gasteiger partial charge is 0.463 e. The van der Waals surface area contributed by atoms with Crippen LogP contribution in [-0.4, -0.2) is 39.0 Å². The smallest absolute Gasteiger partial charge is 0.305 e. The highest BCUT2D eigenvalue weighted by Crippen LogP contribution is 2.13. The predicted octanol–water partition coefficient (Wildman–Crippen LogP) is 7.62. The van der Waals surface area contributed by atoms with Gasteiger partial charge in [0.25, 0.3) is 0 Å². The van der Waals surface area contributed by atoms with E-state index >= 15 is 0 Å². The average molecular weight is 429 g/mol. The maximum Gasteiger partial charge on any atom is 0.305 e. The molecule has 4 heteroatoms. The molecule has 0 atom stereocenters. The second-order valence-electron chi connectivity index (χ2n) is 8.50. The van der Waals surface area contributed by atoms with Crippen molar-refractivity contribution in [3.8, 4) is 0 Å². The van der Waals surface area contributed by atoms with Crippen LogP contribution >= 0.6 is 0 Å². The highest BCUT2D eigenvalue weighted by atomic mass is 16.6. The molecule has 0 saturated heterocycles. The third-order valence-corrected chi connectivity index (χ3v) is 5.49. The summed E-state index contributed by atoms with van der Waals surface area (Å²) in [7, 11) is 0. The number of carbonyl (C=O) groups excluding carboxylic acids is 1. The van der Waals surface area contributed by atoms with Gasteiger partial charge in [-0.3, -0.25) is 4.79 Å². The highest BCUT2D eigenvalue weighted by Gasteiger charge is 2.02. The Hall–Kier alpha value is -0.610. The Morgan fingerprint density at radius 2 is 0.867 bits per heavy atom. The number of hydrogen-bond acceptors (Lipinski definition) is 4. The first kappa shape index (κ1) is 29.4. The number of ether oxygens (including phenoxy) is 3. The molecule has 0 amide bonds. The first-order chi connectivity index (χ1) is 14.8. The van der Waals surface area contributed by atoms with Crippen LogP contribution in [0.4, 0.5) is 0 Å². The fourth-order valence-corrected chi connectivity index (χ4v) is 3.50. The van der Waals surface area contributed by atoms with Gasteiger partial charge in [0.05, 0.1) is 19.8 Å². The summed E-state index contributed by atoms with van der Waals surface area (Å²) in [5.41, 5.74) is 0. The third-order valence-electron chi connectivity index (χ3n) is 5.49. The summed E-state index contributed by atoms with van der Waals surface area (Å²) in [6.45, 7) is 7.23. The molecule has 0 aromatic heterocycles. The van der Waals surface area contributed by atoms with Gasteiger partial charge in [0, 0.05) is 13.0 Å². The summed E-state index contributed by atoms with van der Waals surface area (Å²) >= 11 is 0. The molecule has 0 N–H and O–H groups in total. The Morgan fingerprint density at radius 1 is 0.467 bits per heavy atom. The molecule has 0 unspecified atom stereocenters. The molecular weight excluding hydrogens is 376 g/mol. The van der Waals surface area contributed by atoms with Crippen molar-refractivity contribution in [3.63, 3.8) is 0 Å². The molecule has 0 aromatic carbocycles. The summed E-state index contributed by atoms with van der Waals surface area (Å²) in [5.74, 6) is -0.0903. The minimum Gasteiger partial charge on any atom is -0.463 e. The molecule has 0 bridgehead atoms. The number of hydrogen-bond donors (Lipinski definition) is 0. The molecule has 0 fully saturated rings. The minimum atomic E-state index is -0.0903. The standard InChI is InChI=1S/C26H52O4/c1-3-5-7-8-9-10-11-12-13-14-15-16-17-18-19-20-26(27)30-25-24-29-23-22-28-21-6-4-2/h3-25H2,1-2H3. The van der Waals surface area contributed by atoms with Gasteiger partial charge in [0.1, 0.15) is 6.61 Å². The predicted molar refractivity (Wildman–Crippen MR) is 127 cm³/mol. The van der Waals surface area contributed by atoms with Crippen LogP contribution in [0.15, 0.2) is 0 Å². The first-order valence-corrected chi connectivity index (χ1v) is 13.1. The van der Waals surface area contributed by atoms with Crippen molar-refractivity contribution in [2.45, 2.75) is 129 Å². The van der Waals surface area contributed by atoms with Crippen LogP contribution in [0.2, 0.25) is 0 Å². The Morgan fingerprint density at radius 3 is 1.37 bits per heavy atom. The molecule has 0 rings (SSSR count). The van der Waals surface area contributed by atoms with Gasteiger partial charge in [0.2, 0.25) is 0 Å². The number of esters is 1. The van der Waals surface area contributed by atoms with Crippen molar-refractivity contribution in [2.24, 2.45) is 0 Å². The molecule has 0 aromatic rings. The van der Waals surface area contributed by atoms with Crippen LogP contribution in [0.1, 0.15) is 129 Å². The van der Waals surface area contributed by atoms with Gasteiger partial charge < -0.3 is 14.2 Å². The van der Waals surface area contributed by atoms with E-state index in [1.54, 1.807) is 0 Å². The zero-order chi connectivity index (χ0) is 22.0. The minimum absolute atomic E-state index is 0.0903. The van der Waals surface area contributed by atoms with Gasteiger partial charge in [0.15, 0.2) is 0 Å². The van der Waals surface area contributed by atoms with Gasteiger partial charge in [-0.15, -0.1) is 0 Å². The molecule has 0 aliphatic rings. The summed E-state index contributed by atoms with van der Waals surface area (Å²) < 4.78 is 16.0. The van der Waals surface area contributed by atoms with E-state index < -0.39 is 0 Å². The second kappa shape index (κ2) is 26.4. The monoisotopic (exact) mass is 428 g/mol. The Bertz CT molecular complexity index is 333. The van der Waals surface area contributed by atoms with Crippen LogP contribution in [-0.2, 0) is 19.0 Å². The summed E-state index contributed by atoms with van der Waals surface area (Å²) in [6, 6.07) is 0. The van der Waals surface area contributed by atoms with E-state index in [9.17, 15) is 4.79 Å². The lowest BCUT2D eigenvalue weighted by atomic mass is 10.0. The van der Waals surface area contributed by atoms with Crippen molar-refractivity contribution in [1.82, 2.24) is 0 Å². The normalized spacial score (nSPS) is 11.1. The van der Waals surface area contributed by atoms with E-state index in [2.05, 4.69) is 13.8 Å². The zero-order valence-corrected chi connectivity index (χ0v) is 20.4. The molecule has 0 heterocycles. The SMILES string of the molecule is CCCCCCCCCCCCCCCCCC(=O)OCCOCCOCCCC. The van der Waals surface area contributed by atoms with Crippen LogP contribution in [0.3, 0.4) is 0 Å². The third kappa shape index (κ3) is 25.4. The lowest BCUT2D eigenvalue weighted by Gasteiger charge is -2.07. The molecule has 4 nitrogen and oxygen atoms in total. The van der Waals surface area contributed by atoms with Gasteiger partial charge in [-0.1, -0.05) is 110 Å². The van der Waals surface area contributed by atoms with E-state index in [1.807, 2.05) is 0 Å². The molecular formula is C26H52O4. The number of rotatable bonds is 25. The molecule has 0 radical (unpaired) electrons. The lowest BCUT2D eigenvalue weighted by Crippen LogP contribution is -2.13. The van der Waals surface area contributed by atoms with Crippen LogP contribution in [0.5, 0.6) is 0 Å². The van der Waals surface area contributed by atoms with E-state index in [0.29, 0.717) is 32.8 Å². The average Bonchev–Trinajstić information content (AvgIpc) is 2.75. The van der Waals surface area contributed by atoms with E-state index in [4.69, 9.17) is 14.2 Å². The molecule has 0 aliphatic heterocycles. The maximum absolute atomic E-state index is 11.7. The van der Waals surface area contributed by atoms with E-state index in [0.717, 1.165) is 32.3 Å². The Labute approximate surface area is 187 Å². The van der Waals surface area contributed by atoms with Crippen molar-refractivity contribution in [3.05, 3.63) is 0 Å². The molecule has 0 aliphatic carbocycles. The van der Waals surface area contributed by atoms with Gasteiger partial charge in [-0.05, 0) is 12.8 Å². The highest BCUT2D eigenvalue weighted by molar-refractivity contribution is 5.69. The van der Waals surface area contributed by atoms with E-state index in [1.165, 1.54) is 83.5 Å².